The number of anilines is 2. The predicted molar refractivity (Wildman–Crippen MR) is 101 cm³/mol. The van der Waals surface area contributed by atoms with Crippen molar-refractivity contribution in [3.8, 4) is 0 Å². The van der Waals surface area contributed by atoms with E-state index < -0.39 is 0 Å². The number of piperidine rings is 1. The molecule has 2 fully saturated rings. The Morgan fingerprint density at radius 3 is 2.72 bits per heavy atom. The first kappa shape index (κ1) is 18.0. The molecule has 6 heteroatoms. The summed E-state index contributed by atoms with van der Waals surface area (Å²) in [5, 5.41) is 3.30. The summed E-state index contributed by atoms with van der Waals surface area (Å²) in [6.07, 6.45) is 9.45. The second kappa shape index (κ2) is 9.02. The second-order valence-corrected chi connectivity index (χ2v) is 7.43. The standard InChI is InChI=1S/C19H31N5O/c1-16-7-6-12-24(14-16)18-13-17(21-15-22-18)20-9-8-19(25)23-10-4-2-3-5-11-23/h13,15-16H,2-12,14H2,1H3,(H,20,21,22). The zero-order valence-corrected chi connectivity index (χ0v) is 15.4. The summed E-state index contributed by atoms with van der Waals surface area (Å²) in [6.45, 7) is 6.88. The molecule has 1 aromatic rings. The minimum Gasteiger partial charge on any atom is -0.369 e. The fourth-order valence-corrected chi connectivity index (χ4v) is 3.79. The number of nitrogens with zero attached hydrogens (tertiary/aromatic N) is 4. The van der Waals surface area contributed by atoms with Crippen LogP contribution in [-0.4, -0.2) is 53.5 Å². The highest BCUT2D eigenvalue weighted by Crippen LogP contribution is 2.22. The summed E-state index contributed by atoms with van der Waals surface area (Å²) in [4.78, 5) is 25.4. The van der Waals surface area contributed by atoms with Crippen molar-refractivity contribution in [3.05, 3.63) is 12.4 Å². The number of likely N-dealkylation sites (tertiary alicyclic amines) is 1. The molecule has 0 saturated carbocycles. The van der Waals surface area contributed by atoms with E-state index in [1.165, 1.54) is 25.7 Å². The molecule has 6 nitrogen and oxygen atoms in total. The van der Waals surface area contributed by atoms with Gasteiger partial charge in [0.05, 0.1) is 0 Å². The van der Waals surface area contributed by atoms with Gasteiger partial charge in [0.25, 0.3) is 0 Å². The largest absolute Gasteiger partial charge is 0.369 e. The lowest BCUT2D eigenvalue weighted by Crippen LogP contribution is -2.35. The van der Waals surface area contributed by atoms with Crippen LogP contribution in [0.2, 0.25) is 0 Å². The van der Waals surface area contributed by atoms with Gasteiger partial charge in [-0.15, -0.1) is 0 Å². The first-order valence-corrected chi connectivity index (χ1v) is 9.81. The lowest BCUT2D eigenvalue weighted by molar-refractivity contribution is -0.130. The SMILES string of the molecule is CC1CCCN(c2cc(NCCC(=O)N3CCCCCC3)ncn2)C1. The Morgan fingerprint density at radius 1 is 1.16 bits per heavy atom. The maximum Gasteiger partial charge on any atom is 0.224 e. The van der Waals surface area contributed by atoms with Crippen molar-refractivity contribution >= 4 is 17.5 Å². The molecule has 2 aliphatic heterocycles. The first-order chi connectivity index (χ1) is 12.2. The van der Waals surface area contributed by atoms with E-state index in [1.54, 1.807) is 6.33 Å². The second-order valence-electron chi connectivity index (χ2n) is 7.43. The van der Waals surface area contributed by atoms with Crippen LogP contribution in [0.3, 0.4) is 0 Å². The van der Waals surface area contributed by atoms with Crippen LogP contribution in [0.1, 0.15) is 51.9 Å². The predicted octanol–water partition coefficient (Wildman–Crippen LogP) is 2.92. The van der Waals surface area contributed by atoms with E-state index in [9.17, 15) is 4.79 Å². The molecule has 25 heavy (non-hydrogen) atoms. The van der Waals surface area contributed by atoms with Gasteiger partial charge in [-0.05, 0) is 31.6 Å². The van der Waals surface area contributed by atoms with Crippen molar-refractivity contribution in [2.45, 2.75) is 51.9 Å². The molecule has 0 bridgehead atoms. The lowest BCUT2D eigenvalue weighted by atomic mass is 10.0. The zero-order chi connectivity index (χ0) is 17.5. The highest BCUT2D eigenvalue weighted by molar-refractivity contribution is 5.76. The van der Waals surface area contributed by atoms with E-state index in [4.69, 9.17) is 0 Å². The minimum absolute atomic E-state index is 0.258. The van der Waals surface area contributed by atoms with Gasteiger partial charge >= 0.3 is 0 Å². The van der Waals surface area contributed by atoms with E-state index in [0.29, 0.717) is 18.9 Å². The normalized spacial score (nSPS) is 21.7. The van der Waals surface area contributed by atoms with Gasteiger partial charge in [0.1, 0.15) is 18.0 Å². The van der Waals surface area contributed by atoms with Crippen LogP contribution in [0, 0.1) is 5.92 Å². The Labute approximate surface area is 151 Å². The van der Waals surface area contributed by atoms with E-state index in [1.807, 2.05) is 11.0 Å². The van der Waals surface area contributed by atoms with Crippen LogP contribution >= 0.6 is 0 Å². The van der Waals surface area contributed by atoms with Crippen molar-refractivity contribution in [3.63, 3.8) is 0 Å². The quantitative estimate of drug-likeness (QED) is 0.889. The van der Waals surface area contributed by atoms with Crippen LogP contribution in [0.15, 0.2) is 12.4 Å². The molecule has 0 radical (unpaired) electrons. The van der Waals surface area contributed by atoms with Crippen molar-refractivity contribution in [2.75, 3.05) is 42.9 Å². The lowest BCUT2D eigenvalue weighted by Gasteiger charge is -2.31. The Morgan fingerprint density at radius 2 is 1.96 bits per heavy atom. The molecule has 2 aliphatic rings. The molecule has 1 unspecified atom stereocenters. The summed E-state index contributed by atoms with van der Waals surface area (Å²) >= 11 is 0. The Balaban J connectivity index is 1.48. The van der Waals surface area contributed by atoms with Gasteiger partial charge in [0.2, 0.25) is 5.91 Å². The number of carbonyl (C=O) groups excluding carboxylic acids is 1. The molecule has 1 aromatic heterocycles. The van der Waals surface area contributed by atoms with E-state index in [-0.39, 0.29) is 5.91 Å². The Kier molecular flexibility index (Phi) is 6.48. The average Bonchev–Trinajstić information content (AvgIpc) is 2.91. The number of amides is 1. The van der Waals surface area contributed by atoms with Crippen LogP contribution in [-0.2, 0) is 4.79 Å². The average molecular weight is 345 g/mol. The first-order valence-electron chi connectivity index (χ1n) is 9.81. The van der Waals surface area contributed by atoms with Crippen molar-refractivity contribution in [2.24, 2.45) is 5.92 Å². The topological polar surface area (TPSA) is 61.4 Å². The number of hydrogen-bond donors (Lipinski definition) is 1. The van der Waals surface area contributed by atoms with Gasteiger partial charge in [-0.2, -0.15) is 0 Å². The summed E-state index contributed by atoms with van der Waals surface area (Å²) in [7, 11) is 0. The van der Waals surface area contributed by atoms with Gasteiger partial charge in [0.15, 0.2) is 0 Å². The maximum absolute atomic E-state index is 12.3. The molecule has 2 saturated heterocycles. The zero-order valence-electron chi connectivity index (χ0n) is 15.4. The molecule has 1 atom stereocenters. The molecule has 0 aliphatic carbocycles. The molecule has 1 amide bonds. The molecule has 138 valence electrons. The summed E-state index contributed by atoms with van der Waals surface area (Å²) in [5.74, 6) is 2.77. The van der Waals surface area contributed by atoms with E-state index in [0.717, 1.165) is 50.7 Å². The van der Waals surface area contributed by atoms with Crippen molar-refractivity contribution < 1.29 is 4.79 Å². The maximum atomic E-state index is 12.3. The fraction of sp³-hybridized carbons (Fsp3) is 0.737. The summed E-state index contributed by atoms with van der Waals surface area (Å²) in [6, 6.07) is 2.01. The van der Waals surface area contributed by atoms with Crippen LogP contribution in [0.4, 0.5) is 11.6 Å². The molecule has 1 N–H and O–H groups in total. The molecule has 3 heterocycles. The minimum atomic E-state index is 0.258. The van der Waals surface area contributed by atoms with Gasteiger partial charge in [-0.25, -0.2) is 9.97 Å². The highest BCUT2D eigenvalue weighted by Gasteiger charge is 2.18. The third kappa shape index (κ3) is 5.31. The number of aromatic nitrogens is 2. The van der Waals surface area contributed by atoms with Gasteiger partial charge < -0.3 is 15.1 Å². The van der Waals surface area contributed by atoms with Gasteiger partial charge in [-0.1, -0.05) is 19.8 Å². The van der Waals surface area contributed by atoms with Crippen molar-refractivity contribution in [1.29, 1.82) is 0 Å². The molecule has 0 aromatic carbocycles. The summed E-state index contributed by atoms with van der Waals surface area (Å²) in [5.41, 5.74) is 0. The number of hydrogen-bond acceptors (Lipinski definition) is 5. The van der Waals surface area contributed by atoms with Crippen molar-refractivity contribution in [1.82, 2.24) is 14.9 Å². The molecular formula is C19H31N5O. The molecule has 0 spiro atoms. The van der Waals surface area contributed by atoms with Crippen LogP contribution in [0.25, 0.3) is 0 Å². The number of nitrogens with one attached hydrogen (secondary N) is 1. The number of rotatable bonds is 5. The van der Waals surface area contributed by atoms with Gasteiger partial charge in [-0.3, -0.25) is 4.79 Å². The third-order valence-corrected chi connectivity index (χ3v) is 5.24. The monoisotopic (exact) mass is 345 g/mol. The number of carbonyl (C=O) groups is 1. The Hall–Kier alpha value is -1.85. The third-order valence-electron chi connectivity index (χ3n) is 5.24. The van der Waals surface area contributed by atoms with E-state index in [2.05, 4.69) is 27.1 Å². The van der Waals surface area contributed by atoms with Crippen LogP contribution in [0.5, 0.6) is 0 Å². The smallest absolute Gasteiger partial charge is 0.224 e. The summed E-state index contributed by atoms with van der Waals surface area (Å²) < 4.78 is 0. The fourth-order valence-electron chi connectivity index (χ4n) is 3.79. The molecular weight excluding hydrogens is 314 g/mol. The highest BCUT2D eigenvalue weighted by atomic mass is 16.2. The van der Waals surface area contributed by atoms with E-state index >= 15 is 0 Å². The van der Waals surface area contributed by atoms with Gasteiger partial charge in [0, 0.05) is 45.2 Å². The Bertz CT molecular complexity index is 557. The molecule has 3 rings (SSSR count). The van der Waals surface area contributed by atoms with Crippen LogP contribution < -0.4 is 10.2 Å².